The number of nitrogens with zero attached hydrogens (tertiary/aromatic N) is 3. The van der Waals surface area contributed by atoms with E-state index in [1.807, 2.05) is 38.1 Å². The van der Waals surface area contributed by atoms with Crippen LogP contribution in [0.4, 0.5) is 0 Å². The summed E-state index contributed by atoms with van der Waals surface area (Å²) in [5.41, 5.74) is 2.18. The Bertz CT molecular complexity index is 1070. The lowest BCUT2D eigenvalue weighted by atomic mass is 9.86. The first kappa shape index (κ1) is 20.3. The zero-order chi connectivity index (χ0) is 20.5. The molecule has 0 saturated heterocycles. The number of ketones is 1. The fourth-order valence-electron chi connectivity index (χ4n) is 2.99. The summed E-state index contributed by atoms with van der Waals surface area (Å²) in [4.78, 5) is 34.4. The van der Waals surface area contributed by atoms with Crippen LogP contribution in [0.3, 0.4) is 0 Å². The number of rotatable bonds is 5. The van der Waals surface area contributed by atoms with Gasteiger partial charge in [-0.05, 0) is 37.0 Å². The number of benzene rings is 1. The summed E-state index contributed by atoms with van der Waals surface area (Å²) in [6.45, 7) is 10.7. The molecule has 0 spiro atoms. The molecule has 0 bridgehead atoms. The third-order valence-electron chi connectivity index (χ3n) is 4.70. The van der Waals surface area contributed by atoms with Gasteiger partial charge in [-0.25, -0.2) is 9.97 Å². The van der Waals surface area contributed by atoms with Crippen LogP contribution in [0.1, 0.15) is 50.5 Å². The first-order valence-electron chi connectivity index (χ1n) is 9.39. The van der Waals surface area contributed by atoms with E-state index in [9.17, 15) is 9.59 Å². The Hall–Kier alpha value is -2.47. The van der Waals surface area contributed by atoms with Crippen LogP contribution in [0, 0.1) is 0 Å². The molecule has 1 aromatic carbocycles. The van der Waals surface area contributed by atoms with Crippen LogP contribution in [0.25, 0.3) is 11.0 Å². The second-order valence-corrected chi connectivity index (χ2v) is 9.08. The molecule has 2 aromatic heterocycles. The van der Waals surface area contributed by atoms with E-state index in [0.717, 1.165) is 0 Å². The second kappa shape index (κ2) is 7.87. The maximum atomic E-state index is 12.9. The predicted molar refractivity (Wildman–Crippen MR) is 114 cm³/mol. The van der Waals surface area contributed by atoms with Crippen molar-refractivity contribution < 1.29 is 4.79 Å². The Balaban J connectivity index is 1.89. The highest BCUT2D eigenvalue weighted by Crippen LogP contribution is 2.26. The summed E-state index contributed by atoms with van der Waals surface area (Å²) in [5.74, 6) is 0.0171. The molecule has 2 heterocycles. The van der Waals surface area contributed by atoms with Crippen molar-refractivity contribution in [2.24, 2.45) is 0 Å². The van der Waals surface area contributed by atoms with Gasteiger partial charge in [0.1, 0.15) is 0 Å². The Kier molecular flexibility index (Phi) is 5.70. The van der Waals surface area contributed by atoms with Crippen molar-refractivity contribution in [1.82, 2.24) is 14.5 Å². The molecule has 3 aromatic rings. The van der Waals surface area contributed by atoms with E-state index in [2.05, 4.69) is 30.7 Å². The van der Waals surface area contributed by atoms with Gasteiger partial charge < -0.3 is 0 Å². The van der Waals surface area contributed by atoms with Crippen molar-refractivity contribution in [3.63, 3.8) is 0 Å². The number of carbonyl (C=O) groups is 1. The monoisotopic (exact) mass is 395 g/mol. The van der Waals surface area contributed by atoms with Crippen LogP contribution in [0.5, 0.6) is 0 Å². The summed E-state index contributed by atoms with van der Waals surface area (Å²) in [7, 11) is 0. The van der Waals surface area contributed by atoms with Crippen molar-refractivity contribution in [1.29, 1.82) is 0 Å². The highest BCUT2D eigenvalue weighted by Gasteiger charge is 2.21. The van der Waals surface area contributed by atoms with Crippen molar-refractivity contribution in [2.45, 2.75) is 57.0 Å². The van der Waals surface area contributed by atoms with E-state index < -0.39 is 0 Å². The normalized spacial score (nSPS) is 12.9. The number of aromatic nitrogens is 3. The summed E-state index contributed by atoms with van der Waals surface area (Å²) in [5, 5.41) is 0.641. The first-order chi connectivity index (χ1) is 13.2. The average Bonchev–Trinajstić information content (AvgIpc) is 2.67. The van der Waals surface area contributed by atoms with E-state index in [-0.39, 0.29) is 22.0 Å². The Morgan fingerprint density at radius 3 is 2.46 bits per heavy atom. The number of hydrogen-bond donors (Lipinski definition) is 0. The summed E-state index contributed by atoms with van der Waals surface area (Å²) in [6, 6.07) is 11.2. The van der Waals surface area contributed by atoms with Gasteiger partial charge in [-0.2, -0.15) is 0 Å². The van der Waals surface area contributed by atoms with Crippen LogP contribution in [0.15, 0.2) is 52.5 Å². The minimum atomic E-state index is -0.369. The quantitative estimate of drug-likeness (QED) is 0.362. The summed E-state index contributed by atoms with van der Waals surface area (Å²) in [6.07, 6.45) is 1.62. The molecule has 0 saturated carbocycles. The molecule has 1 atom stereocenters. The molecule has 28 heavy (non-hydrogen) atoms. The number of Topliss-reactive ketones (excluding diaryl/α,β-unsaturated/α-hetero) is 1. The van der Waals surface area contributed by atoms with Gasteiger partial charge in [-0.3, -0.25) is 14.2 Å². The molecule has 146 valence electrons. The summed E-state index contributed by atoms with van der Waals surface area (Å²) < 4.78 is 1.60. The Morgan fingerprint density at radius 1 is 1.18 bits per heavy atom. The van der Waals surface area contributed by atoms with Crippen molar-refractivity contribution in [3.8, 4) is 0 Å². The van der Waals surface area contributed by atoms with Gasteiger partial charge in [-0.15, -0.1) is 0 Å². The van der Waals surface area contributed by atoms with Gasteiger partial charge in [0.25, 0.3) is 5.56 Å². The molecule has 6 heteroatoms. The third kappa shape index (κ3) is 4.02. The van der Waals surface area contributed by atoms with E-state index in [1.54, 1.807) is 22.9 Å². The van der Waals surface area contributed by atoms with Gasteiger partial charge in [-0.1, -0.05) is 56.8 Å². The van der Waals surface area contributed by atoms with E-state index in [4.69, 9.17) is 0 Å². The number of pyridine rings is 1. The lowest BCUT2D eigenvalue weighted by Crippen LogP contribution is -2.24. The molecule has 0 radical (unpaired) electrons. The molecule has 0 amide bonds. The van der Waals surface area contributed by atoms with Crippen LogP contribution in [-0.4, -0.2) is 25.6 Å². The van der Waals surface area contributed by atoms with Crippen LogP contribution in [0.2, 0.25) is 0 Å². The molecule has 0 fully saturated rings. The molecule has 0 N–H and O–H groups in total. The number of hydrogen-bond acceptors (Lipinski definition) is 5. The van der Waals surface area contributed by atoms with E-state index in [0.29, 0.717) is 28.3 Å². The van der Waals surface area contributed by atoms with Gasteiger partial charge in [0.2, 0.25) is 0 Å². The minimum Gasteiger partial charge on any atom is -0.293 e. The van der Waals surface area contributed by atoms with Gasteiger partial charge in [0.05, 0.1) is 10.6 Å². The van der Waals surface area contributed by atoms with Gasteiger partial charge in [0.15, 0.2) is 16.6 Å². The van der Waals surface area contributed by atoms with Crippen molar-refractivity contribution in [3.05, 3.63) is 64.1 Å². The molecular formula is C22H25N3O2S. The lowest BCUT2D eigenvalue weighted by molar-refractivity contribution is 0.0993. The zero-order valence-electron chi connectivity index (χ0n) is 16.9. The SMILES string of the molecule is CCn1c(SC(C)C(=O)c2ccc(C(C)(C)C)cc2)nc2ncccc2c1=O. The standard InChI is InChI=1S/C22H25N3O2S/c1-6-25-20(27)17-8-7-13-23-19(17)24-21(25)28-14(2)18(26)15-9-11-16(12-10-15)22(3,4)5/h7-14H,6H2,1-5H3. The molecule has 1 unspecified atom stereocenters. The summed E-state index contributed by atoms with van der Waals surface area (Å²) >= 11 is 1.30. The highest BCUT2D eigenvalue weighted by molar-refractivity contribution is 8.00. The van der Waals surface area contributed by atoms with Gasteiger partial charge in [0, 0.05) is 18.3 Å². The zero-order valence-corrected chi connectivity index (χ0v) is 17.7. The number of carbonyl (C=O) groups excluding carboxylic acids is 1. The van der Waals surface area contributed by atoms with Gasteiger partial charge >= 0.3 is 0 Å². The second-order valence-electron chi connectivity index (χ2n) is 7.77. The Labute approximate surface area is 169 Å². The van der Waals surface area contributed by atoms with Crippen LogP contribution < -0.4 is 5.56 Å². The van der Waals surface area contributed by atoms with Crippen molar-refractivity contribution in [2.75, 3.05) is 0 Å². The average molecular weight is 396 g/mol. The van der Waals surface area contributed by atoms with Crippen LogP contribution in [-0.2, 0) is 12.0 Å². The molecule has 0 aliphatic carbocycles. The molecule has 5 nitrogen and oxygen atoms in total. The highest BCUT2D eigenvalue weighted by atomic mass is 32.2. The largest absolute Gasteiger partial charge is 0.293 e. The number of fused-ring (bicyclic) bond motifs is 1. The molecule has 0 aliphatic heterocycles. The van der Waals surface area contributed by atoms with Crippen molar-refractivity contribution >= 4 is 28.6 Å². The predicted octanol–water partition coefficient (Wildman–Crippen LogP) is 4.47. The lowest BCUT2D eigenvalue weighted by Gasteiger charge is -2.19. The van der Waals surface area contributed by atoms with E-state index >= 15 is 0 Å². The van der Waals surface area contributed by atoms with Crippen LogP contribution >= 0.6 is 11.8 Å². The minimum absolute atomic E-state index is 0.0171. The third-order valence-corrected chi connectivity index (χ3v) is 5.79. The molecule has 3 rings (SSSR count). The Morgan fingerprint density at radius 2 is 1.86 bits per heavy atom. The fourth-order valence-corrected chi connectivity index (χ4v) is 4.02. The smallest absolute Gasteiger partial charge is 0.263 e. The first-order valence-corrected chi connectivity index (χ1v) is 10.3. The van der Waals surface area contributed by atoms with E-state index in [1.165, 1.54) is 17.3 Å². The molecule has 0 aliphatic rings. The topological polar surface area (TPSA) is 64.8 Å². The maximum Gasteiger partial charge on any atom is 0.263 e. The fraction of sp³-hybridized carbons (Fsp3) is 0.364. The maximum absolute atomic E-state index is 12.9. The number of thioether (sulfide) groups is 1. The molecular weight excluding hydrogens is 370 g/mol.